The van der Waals surface area contributed by atoms with E-state index in [4.69, 9.17) is 0 Å². The molecule has 3 aromatic rings. The number of fused-ring (bicyclic) bond motifs is 1. The van der Waals surface area contributed by atoms with Crippen LogP contribution in [0.25, 0.3) is 10.9 Å². The summed E-state index contributed by atoms with van der Waals surface area (Å²) in [7, 11) is 0. The molecule has 102 valence electrons. The van der Waals surface area contributed by atoms with E-state index < -0.39 is 11.6 Å². The van der Waals surface area contributed by atoms with Gasteiger partial charge in [0.05, 0.1) is 17.4 Å². The van der Waals surface area contributed by atoms with Crippen molar-refractivity contribution in [1.82, 2.24) is 10.2 Å². The summed E-state index contributed by atoms with van der Waals surface area (Å²) in [5.41, 5.74) is 2.27. The Labute approximate surface area is 114 Å². The van der Waals surface area contributed by atoms with Crippen molar-refractivity contribution in [3.05, 3.63) is 59.8 Å². The molecule has 0 fully saturated rings. The molecule has 2 N–H and O–H groups in total. The average Bonchev–Trinajstić information content (AvgIpc) is 2.87. The maximum Gasteiger partial charge on any atom is 0.126 e. The van der Waals surface area contributed by atoms with Crippen LogP contribution in [0.2, 0.25) is 0 Å². The second-order valence-corrected chi connectivity index (χ2v) is 4.71. The molecule has 0 radical (unpaired) electrons. The molecule has 3 rings (SSSR count). The molecule has 2 aromatic carbocycles. The smallest absolute Gasteiger partial charge is 0.126 e. The number of benzene rings is 2. The van der Waals surface area contributed by atoms with Gasteiger partial charge >= 0.3 is 0 Å². The third-order valence-corrected chi connectivity index (χ3v) is 3.23. The maximum absolute atomic E-state index is 13.2. The van der Waals surface area contributed by atoms with E-state index in [1.807, 2.05) is 25.1 Å². The molecule has 0 saturated carbocycles. The molecule has 1 atom stereocenters. The van der Waals surface area contributed by atoms with Crippen LogP contribution < -0.4 is 5.32 Å². The molecule has 3 nitrogen and oxygen atoms in total. The zero-order chi connectivity index (χ0) is 14.1. The Kier molecular flexibility index (Phi) is 3.10. The topological polar surface area (TPSA) is 40.7 Å². The lowest BCUT2D eigenvalue weighted by atomic mass is 10.1. The summed E-state index contributed by atoms with van der Waals surface area (Å²) in [5, 5.41) is 11.1. The Morgan fingerprint density at radius 3 is 2.65 bits per heavy atom. The normalized spacial score (nSPS) is 12.6. The number of anilines is 1. The van der Waals surface area contributed by atoms with Gasteiger partial charge in [-0.05, 0) is 30.7 Å². The second-order valence-electron chi connectivity index (χ2n) is 4.71. The number of H-pyrrole nitrogens is 1. The summed E-state index contributed by atoms with van der Waals surface area (Å²) in [6.07, 6.45) is 1.73. The number of aromatic nitrogens is 2. The minimum Gasteiger partial charge on any atom is -0.377 e. The van der Waals surface area contributed by atoms with Crippen LogP contribution in [-0.2, 0) is 0 Å². The van der Waals surface area contributed by atoms with Gasteiger partial charge in [-0.25, -0.2) is 8.78 Å². The number of nitrogens with zero attached hydrogens (tertiary/aromatic N) is 1. The first-order chi connectivity index (χ1) is 9.63. The van der Waals surface area contributed by atoms with Crippen LogP contribution in [0, 0.1) is 11.6 Å². The number of hydrogen-bond acceptors (Lipinski definition) is 2. The first kappa shape index (κ1) is 12.6. The van der Waals surface area contributed by atoms with Gasteiger partial charge in [-0.3, -0.25) is 5.10 Å². The van der Waals surface area contributed by atoms with E-state index in [-0.39, 0.29) is 6.04 Å². The Balaban J connectivity index is 1.92. The fourth-order valence-corrected chi connectivity index (χ4v) is 2.23. The molecule has 1 aromatic heterocycles. The fraction of sp³-hybridized carbons (Fsp3) is 0.133. The van der Waals surface area contributed by atoms with Crippen LogP contribution in [0.5, 0.6) is 0 Å². The van der Waals surface area contributed by atoms with E-state index in [9.17, 15) is 8.78 Å². The molecule has 0 amide bonds. The van der Waals surface area contributed by atoms with Crippen molar-refractivity contribution in [1.29, 1.82) is 0 Å². The molecular formula is C15H13F2N3. The van der Waals surface area contributed by atoms with E-state index in [1.165, 1.54) is 12.1 Å². The van der Waals surface area contributed by atoms with E-state index in [1.54, 1.807) is 6.20 Å². The van der Waals surface area contributed by atoms with Crippen LogP contribution in [0.15, 0.2) is 42.6 Å². The van der Waals surface area contributed by atoms with Crippen LogP contribution in [-0.4, -0.2) is 10.2 Å². The fourth-order valence-electron chi connectivity index (χ4n) is 2.23. The molecule has 5 heteroatoms. The molecule has 0 aliphatic rings. The largest absolute Gasteiger partial charge is 0.377 e. The molecule has 0 bridgehead atoms. The lowest BCUT2D eigenvalue weighted by molar-refractivity contribution is 0.577. The van der Waals surface area contributed by atoms with E-state index in [2.05, 4.69) is 15.5 Å². The highest BCUT2D eigenvalue weighted by molar-refractivity contribution is 5.90. The minimum atomic E-state index is -0.576. The van der Waals surface area contributed by atoms with Crippen molar-refractivity contribution in [3.63, 3.8) is 0 Å². The van der Waals surface area contributed by atoms with E-state index in [0.717, 1.165) is 22.7 Å². The second kappa shape index (κ2) is 4.92. The predicted molar refractivity (Wildman–Crippen MR) is 74.5 cm³/mol. The number of rotatable bonds is 3. The molecule has 20 heavy (non-hydrogen) atoms. The number of halogens is 2. The average molecular weight is 273 g/mol. The Morgan fingerprint density at radius 2 is 1.90 bits per heavy atom. The maximum atomic E-state index is 13.2. The van der Waals surface area contributed by atoms with Gasteiger partial charge in [-0.15, -0.1) is 0 Å². The Bertz CT molecular complexity index is 731. The quantitative estimate of drug-likeness (QED) is 0.756. The van der Waals surface area contributed by atoms with Crippen LogP contribution >= 0.6 is 0 Å². The highest BCUT2D eigenvalue weighted by atomic mass is 19.1. The summed E-state index contributed by atoms with van der Waals surface area (Å²) < 4.78 is 26.5. The van der Waals surface area contributed by atoms with Gasteiger partial charge in [-0.2, -0.15) is 5.10 Å². The first-order valence-electron chi connectivity index (χ1n) is 6.28. The highest BCUT2D eigenvalue weighted by Gasteiger charge is 2.10. The number of nitrogens with one attached hydrogen (secondary N) is 2. The molecular weight excluding hydrogens is 260 g/mol. The van der Waals surface area contributed by atoms with Crippen LogP contribution in [0.4, 0.5) is 14.5 Å². The molecule has 0 saturated heterocycles. The molecule has 1 heterocycles. The molecule has 1 unspecified atom stereocenters. The number of hydrogen-bond donors (Lipinski definition) is 2. The first-order valence-corrected chi connectivity index (χ1v) is 6.28. The SMILES string of the molecule is CC(Nc1cccc2cn[nH]c12)c1cc(F)cc(F)c1. The monoisotopic (exact) mass is 273 g/mol. The molecule has 0 aliphatic carbocycles. The zero-order valence-electron chi connectivity index (χ0n) is 10.8. The van der Waals surface area contributed by atoms with Gasteiger partial charge in [0.2, 0.25) is 0 Å². The highest BCUT2D eigenvalue weighted by Crippen LogP contribution is 2.26. The van der Waals surface area contributed by atoms with Gasteiger partial charge in [0.25, 0.3) is 0 Å². The summed E-state index contributed by atoms with van der Waals surface area (Å²) >= 11 is 0. The summed E-state index contributed by atoms with van der Waals surface area (Å²) in [6, 6.07) is 9.03. The Hall–Kier alpha value is -2.43. The third kappa shape index (κ3) is 2.34. The number of para-hydroxylation sites is 1. The van der Waals surface area contributed by atoms with Gasteiger partial charge in [0.1, 0.15) is 11.6 Å². The van der Waals surface area contributed by atoms with Crippen molar-refractivity contribution in [2.24, 2.45) is 0 Å². The van der Waals surface area contributed by atoms with Crippen molar-refractivity contribution < 1.29 is 8.78 Å². The lowest BCUT2D eigenvalue weighted by Gasteiger charge is -2.16. The number of aromatic amines is 1. The van der Waals surface area contributed by atoms with Crippen molar-refractivity contribution in [2.75, 3.05) is 5.32 Å². The minimum absolute atomic E-state index is 0.228. The van der Waals surface area contributed by atoms with Crippen molar-refractivity contribution in [2.45, 2.75) is 13.0 Å². The lowest BCUT2D eigenvalue weighted by Crippen LogP contribution is -2.07. The zero-order valence-corrected chi connectivity index (χ0v) is 10.8. The summed E-state index contributed by atoms with van der Waals surface area (Å²) in [4.78, 5) is 0. The van der Waals surface area contributed by atoms with E-state index >= 15 is 0 Å². The summed E-state index contributed by atoms with van der Waals surface area (Å²) in [6.45, 7) is 1.85. The van der Waals surface area contributed by atoms with Gasteiger partial charge in [0.15, 0.2) is 0 Å². The Morgan fingerprint density at radius 1 is 1.15 bits per heavy atom. The standard InChI is InChI=1S/C15H13F2N3/c1-9(11-5-12(16)7-13(17)6-11)19-14-4-2-3-10-8-18-20-15(10)14/h2-9,19H,1H3,(H,18,20). The third-order valence-electron chi connectivity index (χ3n) is 3.23. The van der Waals surface area contributed by atoms with Crippen LogP contribution in [0.1, 0.15) is 18.5 Å². The van der Waals surface area contributed by atoms with Crippen molar-refractivity contribution in [3.8, 4) is 0 Å². The van der Waals surface area contributed by atoms with Gasteiger partial charge in [-0.1, -0.05) is 12.1 Å². The summed E-state index contributed by atoms with van der Waals surface area (Å²) in [5.74, 6) is -1.15. The molecule has 0 aliphatic heterocycles. The van der Waals surface area contributed by atoms with Crippen LogP contribution in [0.3, 0.4) is 0 Å². The molecule has 0 spiro atoms. The predicted octanol–water partition coefficient (Wildman–Crippen LogP) is 4.01. The van der Waals surface area contributed by atoms with Gasteiger partial charge < -0.3 is 5.32 Å². The van der Waals surface area contributed by atoms with Crippen molar-refractivity contribution >= 4 is 16.6 Å². The van der Waals surface area contributed by atoms with E-state index in [0.29, 0.717) is 5.56 Å². The van der Waals surface area contributed by atoms with Gasteiger partial charge in [0, 0.05) is 17.5 Å².